The molecule has 2 aromatic carbocycles. The molecule has 3 aromatic heterocycles. The van der Waals surface area contributed by atoms with E-state index < -0.39 is 241 Å². The Hall–Kier alpha value is -13.4. The van der Waals surface area contributed by atoms with E-state index in [1.54, 1.807) is 102 Å². The molecule has 4 heterocycles. The minimum Gasteiger partial charge on any atom is -0.481 e. The SMILES string of the molecule is CC(C)C[C@@H]1NC(=O)[C@H](Cc2c[nH]cn2)NC(=O)[C@H](Cc2c[nH]c3ccccc23)NC(O)[C@H](C)NC(=O)[C@@H](NC(=O)[C@H](CC(=O)O)NC(=O)CCOCCOCCOCCOCCOCCOCCNC(=O)[C@@H](CCCNC(=N)N)NC(=O)CCN=[N+]=[N-])CSSC[C@@H](C(=O)N[C@H](C(=O)O)[C@@H](C)O)NC(=O)[C@H](Cc2c[nH]c3ccccc23)NC(=O)[C@H](C(C)C)NC(=O)[C@H](CC(C)C)NC(=O)[C@H](CCC(=O)O)NC(=O)CNC1=O. The second kappa shape index (κ2) is 66.8. The fraction of sp³-hybridized carbons (Fsp3) is 0.602. The molecule has 0 radical (unpaired) electrons. The Labute approximate surface area is 861 Å². The number of rotatable bonds is 53. The summed E-state index contributed by atoms with van der Waals surface area (Å²) in [5.41, 5.74) is 16.2. The molecule has 818 valence electrons. The van der Waals surface area contributed by atoms with Crippen LogP contribution in [0.15, 0.2) is 78.6 Å². The van der Waals surface area contributed by atoms with Crippen LogP contribution in [0.5, 0.6) is 0 Å². The zero-order chi connectivity index (χ0) is 109. The zero-order valence-electron chi connectivity index (χ0n) is 83.8. The van der Waals surface area contributed by atoms with E-state index in [2.05, 4.69) is 115 Å². The molecule has 148 heavy (non-hydrogen) atoms. The summed E-state index contributed by atoms with van der Waals surface area (Å²) in [6.45, 7) is 13.4. The van der Waals surface area contributed by atoms with Gasteiger partial charge in [-0.2, -0.15) is 0 Å². The number of aromatic amines is 3. The Bertz CT molecular complexity index is 5200. The van der Waals surface area contributed by atoms with Crippen LogP contribution in [0, 0.1) is 23.2 Å². The largest absolute Gasteiger partial charge is 0.481 e. The number of aromatic nitrogens is 4. The van der Waals surface area contributed by atoms with Gasteiger partial charge in [-0.25, -0.2) is 9.78 Å². The van der Waals surface area contributed by atoms with Gasteiger partial charge in [0.1, 0.15) is 66.6 Å². The van der Waals surface area contributed by atoms with Crippen molar-refractivity contribution < 1.29 is 135 Å². The second-order valence-corrected chi connectivity index (χ2v) is 38.4. The van der Waals surface area contributed by atoms with E-state index in [4.69, 9.17) is 45.1 Å². The number of H-pyrrole nitrogens is 3. The molecule has 0 aliphatic carbocycles. The van der Waals surface area contributed by atoms with Gasteiger partial charge < -0.3 is 154 Å². The number of para-hydroxylation sites is 2. The third kappa shape index (κ3) is 46.4. The number of nitrogens with zero attached hydrogens (tertiary/aromatic N) is 4. The van der Waals surface area contributed by atoms with Crippen LogP contribution < -0.4 is 90.8 Å². The molecule has 1 aliphatic rings. The van der Waals surface area contributed by atoms with Gasteiger partial charge in [0.15, 0.2) is 12.0 Å². The molecule has 53 nitrogen and oxygen atoms in total. The molecule has 15 atom stereocenters. The predicted molar refractivity (Wildman–Crippen MR) is 539 cm³/mol. The Morgan fingerprint density at radius 1 is 0.554 bits per heavy atom. The van der Waals surface area contributed by atoms with Gasteiger partial charge in [0, 0.05) is 109 Å². The number of amides is 14. The number of imidazole rings is 1. The van der Waals surface area contributed by atoms with E-state index in [0.29, 0.717) is 45.9 Å². The third-order valence-electron chi connectivity index (χ3n) is 22.5. The van der Waals surface area contributed by atoms with Crippen molar-refractivity contribution >= 4 is 150 Å². The minimum atomic E-state index is -2.01. The van der Waals surface area contributed by atoms with Crippen LogP contribution in [-0.2, 0) is 129 Å². The van der Waals surface area contributed by atoms with E-state index >= 15 is 19.2 Å². The van der Waals surface area contributed by atoms with Crippen LogP contribution in [-0.4, -0.2) is 360 Å². The van der Waals surface area contributed by atoms with Gasteiger partial charge in [0.05, 0.1) is 122 Å². The molecule has 0 bridgehead atoms. The Morgan fingerprint density at radius 2 is 1.07 bits per heavy atom. The van der Waals surface area contributed by atoms with Crippen LogP contribution in [0.25, 0.3) is 32.2 Å². The highest BCUT2D eigenvalue weighted by Gasteiger charge is 2.40. The number of carboxylic acid groups (broad SMARTS) is 3. The second-order valence-electron chi connectivity index (χ2n) is 35.9. The van der Waals surface area contributed by atoms with Gasteiger partial charge in [-0.05, 0) is 98.9 Å². The number of azide groups is 1. The van der Waals surface area contributed by atoms with Crippen LogP contribution in [0.2, 0.25) is 0 Å². The first kappa shape index (κ1) is 123. The monoisotopic (exact) mass is 2120 g/mol. The number of hydrogen-bond donors (Lipinski definition) is 26. The lowest BCUT2D eigenvalue weighted by Crippen LogP contribution is -2.61. The number of guanidine groups is 1. The molecule has 14 amide bonds. The first-order chi connectivity index (χ1) is 70.6. The van der Waals surface area contributed by atoms with Crippen LogP contribution >= 0.6 is 21.6 Å². The highest BCUT2D eigenvalue weighted by Crippen LogP contribution is 2.26. The van der Waals surface area contributed by atoms with Crippen LogP contribution in [0.4, 0.5) is 0 Å². The standard InChI is InChI=1S/C93H141N25O28S2/c1-51(2)38-65-82(129)102-47-75(122)107-64(19-20-76(123)124)83(130)111-66(39-52(3)4)88(135)116-78(53(5)6)91(138)113-68(41-57-45-101-62-17-12-10-15-60(57)62)85(132)115-72(90(137)117-79(55(8)119)92(139)140)49-148-147-48-71(89(136)105-54(7)80(127)109-67(40-56-44-100-61-16-11-9-14-59(56)61)84(131)112-69(86(133)110-65)42-58-46-97-50-103-58)114-87(134)70(43-77(125)126)108-74(121)22-26-141-28-30-143-32-34-145-36-37-146-35-33-144-31-29-142-27-25-98-81(128)63(18-13-23-99-93(94)95)106-73(120)21-24-104-118-96/h9-12,14-17,44-46,50-55,63-72,78-80,100-101,109,119,127H,13,18-43,47-49H2,1-8H3,(H,97,103)(H,98,128)(H,102,129)(H,105,136)(H,106,120)(H,107,122)(H,108,121)(H,110,133)(H,111,130)(H,112,131)(H,113,138)(H,114,134)(H,115,132)(H,116,135)(H,117,137)(H,123,124)(H,125,126)(H,139,140)(H4,94,95,99)/t54-,55+,63+,64-,65-,66-,67-,68-,69-,70-,71-,72-,78-,79-,80?/m0/s1. The third-order valence-corrected chi connectivity index (χ3v) is 24.9. The van der Waals surface area contributed by atoms with Crippen molar-refractivity contribution in [3.63, 3.8) is 0 Å². The molecular formula is C93H141N25O28S2. The number of nitrogens with one attached hydrogen (secondary N) is 20. The van der Waals surface area contributed by atoms with Crippen molar-refractivity contribution in [2.24, 2.45) is 28.6 Å². The quantitative estimate of drug-likeness (QED) is 0.00354. The Balaban J connectivity index is 1.23. The molecule has 0 saturated carbocycles. The summed E-state index contributed by atoms with van der Waals surface area (Å²) in [6.07, 6.45) is -1.18. The number of benzene rings is 2. The fourth-order valence-electron chi connectivity index (χ4n) is 14.8. The summed E-state index contributed by atoms with van der Waals surface area (Å²) in [7, 11) is 1.46. The normalized spacial score (nSPS) is 20.6. The van der Waals surface area contributed by atoms with Crippen LogP contribution in [0.1, 0.15) is 130 Å². The summed E-state index contributed by atoms with van der Waals surface area (Å²) in [5, 5.41) is 106. The van der Waals surface area contributed by atoms with Gasteiger partial charge in [-0.15, -0.1) is 0 Å². The van der Waals surface area contributed by atoms with E-state index in [-0.39, 0.29) is 161 Å². The molecule has 0 spiro atoms. The Morgan fingerprint density at radius 3 is 1.61 bits per heavy atom. The molecule has 55 heteroatoms. The summed E-state index contributed by atoms with van der Waals surface area (Å²) in [6, 6.07) is -7.17. The first-order valence-electron chi connectivity index (χ1n) is 48.4. The molecular weight excluding hydrogens is 1980 g/mol. The van der Waals surface area contributed by atoms with Gasteiger partial charge in [-0.3, -0.25) is 87.4 Å². The maximum absolute atomic E-state index is 15.3. The molecule has 6 rings (SSSR count). The van der Waals surface area contributed by atoms with Gasteiger partial charge in [0.2, 0.25) is 82.7 Å². The molecule has 27 N–H and O–H groups in total. The van der Waals surface area contributed by atoms with Gasteiger partial charge in [0.25, 0.3) is 0 Å². The smallest absolute Gasteiger partial charge is 0.328 e. The van der Waals surface area contributed by atoms with E-state index in [9.17, 15) is 87.9 Å². The first-order valence-corrected chi connectivity index (χ1v) is 50.9. The molecule has 1 fully saturated rings. The van der Waals surface area contributed by atoms with Crippen LogP contribution in [0.3, 0.4) is 0 Å². The van der Waals surface area contributed by atoms with E-state index in [1.165, 1.54) is 19.4 Å². The fourth-order valence-corrected chi connectivity index (χ4v) is 17.2. The average molecular weight is 2120 g/mol. The highest BCUT2D eigenvalue weighted by atomic mass is 33.1. The number of ether oxygens (including phenoxy) is 6. The number of aliphatic carboxylic acids is 3. The molecule has 1 aliphatic heterocycles. The lowest BCUT2D eigenvalue weighted by molar-refractivity contribution is -0.145. The number of aliphatic hydroxyl groups is 2. The maximum Gasteiger partial charge on any atom is 0.328 e. The van der Waals surface area contributed by atoms with Crippen molar-refractivity contribution in [2.45, 2.75) is 223 Å². The highest BCUT2D eigenvalue weighted by molar-refractivity contribution is 8.76. The number of nitrogens with two attached hydrogens (primary N) is 1. The van der Waals surface area contributed by atoms with Gasteiger partial charge in [-0.1, -0.05) is 105 Å². The van der Waals surface area contributed by atoms with E-state index in [0.717, 1.165) is 28.5 Å². The van der Waals surface area contributed by atoms with Gasteiger partial charge >= 0.3 is 17.9 Å². The molecule has 5 aromatic rings. The average Bonchev–Trinajstić information content (AvgIpc) is 1.68. The predicted octanol–water partition coefficient (Wildman–Crippen LogP) is -2.85. The summed E-state index contributed by atoms with van der Waals surface area (Å²) >= 11 is 0. The topological polar surface area (TPSA) is 798 Å². The minimum absolute atomic E-state index is 0.0312. The number of carbonyl (C=O) groups excluding carboxylic acids is 14. The number of hydrogen-bond acceptors (Lipinski definition) is 31. The molecule has 1 unspecified atom stereocenters. The summed E-state index contributed by atoms with van der Waals surface area (Å²) in [4.78, 5) is 255. The maximum atomic E-state index is 15.3. The van der Waals surface area contributed by atoms with Crippen molar-refractivity contribution in [1.82, 2.24) is 105 Å². The van der Waals surface area contributed by atoms with Crippen molar-refractivity contribution in [2.75, 3.05) is 117 Å². The number of fused-ring (bicyclic) bond motifs is 2. The lowest BCUT2D eigenvalue weighted by Gasteiger charge is -2.29. The number of carboxylic acids is 3. The number of aliphatic hydroxyl groups excluding tert-OH is 2. The molecule has 1 saturated heterocycles. The Kier molecular flexibility index (Phi) is 55.6. The number of carbonyl (C=O) groups is 17. The van der Waals surface area contributed by atoms with Crippen molar-refractivity contribution in [3.8, 4) is 0 Å². The lowest BCUT2D eigenvalue weighted by atomic mass is 9.98. The van der Waals surface area contributed by atoms with Crippen molar-refractivity contribution in [3.05, 3.63) is 101 Å². The summed E-state index contributed by atoms with van der Waals surface area (Å²) in [5.74, 6) is -21.0. The van der Waals surface area contributed by atoms with Crippen molar-refractivity contribution in [1.29, 1.82) is 5.41 Å². The summed E-state index contributed by atoms with van der Waals surface area (Å²) < 4.78 is 33.3. The zero-order valence-corrected chi connectivity index (χ0v) is 85.5. The van der Waals surface area contributed by atoms with E-state index in [1.807, 2.05) is 0 Å².